The van der Waals surface area contributed by atoms with Gasteiger partial charge in [-0.25, -0.2) is 0 Å². The molecule has 0 spiro atoms. The van der Waals surface area contributed by atoms with Crippen molar-refractivity contribution < 1.29 is 0 Å². The first kappa shape index (κ1) is 10.6. The quantitative estimate of drug-likeness (QED) is 0.588. The van der Waals surface area contributed by atoms with E-state index >= 15 is 0 Å². The summed E-state index contributed by atoms with van der Waals surface area (Å²) in [5, 5.41) is 0. The topological polar surface area (TPSA) is 3.24 Å². The van der Waals surface area contributed by atoms with Gasteiger partial charge < -0.3 is 4.90 Å². The van der Waals surface area contributed by atoms with Crippen LogP contribution in [0.25, 0.3) is 0 Å². The lowest BCUT2D eigenvalue weighted by Crippen LogP contribution is -2.44. The Morgan fingerprint density at radius 2 is 2.23 bits per heavy atom. The molecule has 1 rings (SSSR count). The summed E-state index contributed by atoms with van der Waals surface area (Å²) in [5.41, 5.74) is 0.478. The Morgan fingerprint density at radius 1 is 1.54 bits per heavy atom. The highest BCUT2D eigenvalue weighted by molar-refractivity contribution is 4.88. The van der Waals surface area contributed by atoms with Gasteiger partial charge in [-0.3, -0.25) is 0 Å². The third kappa shape index (κ3) is 3.40. The maximum atomic E-state index is 5.27. The van der Waals surface area contributed by atoms with Crippen LogP contribution in [0.1, 0.15) is 33.6 Å². The molecule has 0 amide bonds. The van der Waals surface area contributed by atoms with Crippen molar-refractivity contribution in [2.45, 2.75) is 33.6 Å². The molecular weight excluding hydrogens is 158 g/mol. The molecule has 0 saturated carbocycles. The molecule has 1 nitrogen and oxygen atoms in total. The highest BCUT2D eigenvalue weighted by Gasteiger charge is 2.29. The van der Waals surface area contributed by atoms with Crippen molar-refractivity contribution in [2.24, 2.45) is 11.3 Å². The standard InChI is InChI=1S/C12H21N/c1-5-6-7-13-9-11(2)8-12(3,4)10-13/h1,11H,6-10H2,2-4H3. The van der Waals surface area contributed by atoms with Crippen LogP contribution < -0.4 is 0 Å². The van der Waals surface area contributed by atoms with Crippen molar-refractivity contribution in [1.82, 2.24) is 4.90 Å². The SMILES string of the molecule is C#CCCN1CC(C)CC(C)(C)C1. The van der Waals surface area contributed by atoms with Crippen LogP contribution in [-0.4, -0.2) is 24.5 Å². The fourth-order valence-corrected chi connectivity index (χ4v) is 2.58. The van der Waals surface area contributed by atoms with Crippen molar-refractivity contribution in [3.05, 3.63) is 0 Å². The van der Waals surface area contributed by atoms with Gasteiger partial charge in [0, 0.05) is 26.1 Å². The van der Waals surface area contributed by atoms with E-state index in [9.17, 15) is 0 Å². The Hall–Kier alpha value is -0.480. The average Bonchev–Trinajstić information content (AvgIpc) is 1.97. The van der Waals surface area contributed by atoms with Crippen molar-refractivity contribution in [1.29, 1.82) is 0 Å². The maximum Gasteiger partial charge on any atom is 0.0214 e. The minimum atomic E-state index is 0.478. The average molecular weight is 179 g/mol. The summed E-state index contributed by atoms with van der Waals surface area (Å²) in [6, 6.07) is 0. The van der Waals surface area contributed by atoms with E-state index in [1.807, 2.05) is 0 Å². The lowest BCUT2D eigenvalue weighted by atomic mass is 9.79. The third-order valence-corrected chi connectivity index (χ3v) is 2.69. The molecule has 0 bridgehead atoms. The first-order chi connectivity index (χ1) is 6.03. The van der Waals surface area contributed by atoms with Crippen molar-refractivity contribution in [3.63, 3.8) is 0 Å². The molecular formula is C12H21N. The van der Waals surface area contributed by atoms with Gasteiger partial charge in [0.2, 0.25) is 0 Å². The Morgan fingerprint density at radius 3 is 2.77 bits per heavy atom. The van der Waals surface area contributed by atoms with Crippen LogP contribution in [0.3, 0.4) is 0 Å². The zero-order valence-corrected chi connectivity index (χ0v) is 9.14. The molecule has 1 unspecified atom stereocenters. The van der Waals surface area contributed by atoms with Gasteiger partial charge in [-0.2, -0.15) is 0 Å². The summed E-state index contributed by atoms with van der Waals surface area (Å²) in [6.07, 6.45) is 7.51. The van der Waals surface area contributed by atoms with E-state index in [1.54, 1.807) is 0 Å². The molecule has 1 heteroatoms. The highest BCUT2D eigenvalue weighted by atomic mass is 15.1. The van der Waals surface area contributed by atoms with Gasteiger partial charge in [0.1, 0.15) is 0 Å². The monoisotopic (exact) mass is 179 g/mol. The predicted octanol–water partition coefficient (Wildman–Crippen LogP) is 2.38. The van der Waals surface area contributed by atoms with E-state index in [2.05, 4.69) is 31.6 Å². The number of piperidine rings is 1. The molecule has 0 aromatic rings. The van der Waals surface area contributed by atoms with Crippen LogP contribution in [0.5, 0.6) is 0 Å². The minimum Gasteiger partial charge on any atom is -0.302 e. The molecule has 0 N–H and O–H groups in total. The van der Waals surface area contributed by atoms with Crippen LogP contribution in [0, 0.1) is 23.7 Å². The second-order valence-corrected chi connectivity index (χ2v) is 5.16. The summed E-state index contributed by atoms with van der Waals surface area (Å²) in [6.45, 7) is 10.6. The predicted molar refractivity (Wildman–Crippen MR) is 57.5 cm³/mol. The van der Waals surface area contributed by atoms with E-state index in [0.29, 0.717) is 5.41 Å². The summed E-state index contributed by atoms with van der Waals surface area (Å²) < 4.78 is 0. The molecule has 1 saturated heterocycles. The number of rotatable bonds is 2. The second kappa shape index (κ2) is 4.15. The lowest BCUT2D eigenvalue weighted by molar-refractivity contribution is 0.0818. The number of hydrogen-bond donors (Lipinski definition) is 0. The van der Waals surface area contributed by atoms with Gasteiger partial charge in [0.15, 0.2) is 0 Å². The Balaban J connectivity index is 2.44. The Kier molecular flexibility index (Phi) is 3.39. The lowest BCUT2D eigenvalue weighted by Gasteiger charge is -2.41. The molecule has 1 heterocycles. The number of likely N-dealkylation sites (tertiary alicyclic amines) is 1. The zero-order valence-electron chi connectivity index (χ0n) is 9.14. The summed E-state index contributed by atoms with van der Waals surface area (Å²) in [5.74, 6) is 3.54. The van der Waals surface area contributed by atoms with Gasteiger partial charge in [-0.15, -0.1) is 12.3 Å². The minimum absolute atomic E-state index is 0.478. The zero-order chi connectivity index (χ0) is 9.90. The molecule has 0 aromatic carbocycles. The molecule has 0 aromatic heterocycles. The second-order valence-electron chi connectivity index (χ2n) is 5.16. The fourth-order valence-electron chi connectivity index (χ4n) is 2.58. The number of terminal acetylenes is 1. The normalized spacial score (nSPS) is 28.3. The summed E-state index contributed by atoms with van der Waals surface area (Å²) in [4.78, 5) is 2.51. The molecule has 0 radical (unpaired) electrons. The van der Waals surface area contributed by atoms with Gasteiger partial charge in [-0.1, -0.05) is 20.8 Å². The molecule has 1 aliphatic heterocycles. The largest absolute Gasteiger partial charge is 0.302 e. The third-order valence-electron chi connectivity index (χ3n) is 2.69. The van der Waals surface area contributed by atoms with Gasteiger partial charge in [-0.05, 0) is 17.8 Å². The van der Waals surface area contributed by atoms with Crippen LogP contribution in [0.15, 0.2) is 0 Å². The van der Waals surface area contributed by atoms with E-state index in [-0.39, 0.29) is 0 Å². The highest BCUT2D eigenvalue weighted by Crippen LogP contribution is 2.31. The molecule has 74 valence electrons. The summed E-state index contributed by atoms with van der Waals surface area (Å²) >= 11 is 0. The number of hydrogen-bond acceptors (Lipinski definition) is 1. The van der Waals surface area contributed by atoms with Crippen molar-refractivity contribution in [2.75, 3.05) is 19.6 Å². The molecule has 1 atom stereocenters. The first-order valence-electron chi connectivity index (χ1n) is 5.19. The van der Waals surface area contributed by atoms with E-state index in [0.717, 1.165) is 18.9 Å². The van der Waals surface area contributed by atoms with Crippen LogP contribution in [-0.2, 0) is 0 Å². The molecule has 0 aliphatic carbocycles. The fraction of sp³-hybridized carbons (Fsp3) is 0.833. The van der Waals surface area contributed by atoms with Crippen molar-refractivity contribution in [3.8, 4) is 12.3 Å². The molecule has 1 aliphatic rings. The van der Waals surface area contributed by atoms with Crippen LogP contribution >= 0.6 is 0 Å². The Bertz CT molecular complexity index is 200. The van der Waals surface area contributed by atoms with Crippen molar-refractivity contribution >= 4 is 0 Å². The first-order valence-corrected chi connectivity index (χ1v) is 5.19. The van der Waals surface area contributed by atoms with Crippen LogP contribution in [0.2, 0.25) is 0 Å². The van der Waals surface area contributed by atoms with Gasteiger partial charge in [0.05, 0.1) is 0 Å². The maximum absolute atomic E-state index is 5.27. The Labute approximate surface area is 82.5 Å². The van der Waals surface area contributed by atoms with Gasteiger partial charge in [0.25, 0.3) is 0 Å². The smallest absolute Gasteiger partial charge is 0.0214 e. The molecule has 1 fully saturated rings. The summed E-state index contributed by atoms with van der Waals surface area (Å²) in [7, 11) is 0. The van der Waals surface area contributed by atoms with Crippen LogP contribution in [0.4, 0.5) is 0 Å². The number of nitrogens with zero attached hydrogens (tertiary/aromatic N) is 1. The molecule has 13 heavy (non-hydrogen) atoms. The van der Waals surface area contributed by atoms with E-state index in [4.69, 9.17) is 6.42 Å². The van der Waals surface area contributed by atoms with E-state index in [1.165, 1.54) is 19.5 Å². The van der Waals surface area contributed by atoms with Gasteiger partial charge >= 0.3 is 0 Å². The van der Waals surface area contributed by atoms with E-state index < -0.39 is 0 Å².